The zero-order valence-electron chi connectivity index (χ0n) is 12.2. The molecular weight excluding hydrogens is 281 g/mol. The van der Waals surface area contributed by atoms with Crippen LogP contribution in [0.2, 0.25) is 0 Å². The fourth-order valence-electron chi connectivity index (χ4n) is 2.80. The molecular formula is C18H18FNS. The molecule has 0 spiro atoms. The fraction of sp³-hybridized carbons (Fsp3) is 0.222. The molecule has 1 N–H and O–H groups in total. The van der Waals surface area contributed by atoms with Crippen molar-refractivity contribution >= 4 is 21.4 Å². The lowest BCUT2D eigenvalue weighted by Crippen LogP contribution is -2.23. The normalized spacial score (nSPS) is 12.7. The van der Waals surface area contributed by atoms with E-state index in [0.29, 0.717) is 0 Å². The molecule has 21 heavy (non-hydrogen) atoms. The van der Waals surface area contributed by atoms with Crippen LogP contribution < -0.4 is 5.32 Å². The number of halogens is 1. The molecule has 0 saturated carbocycles. The number of fused-ring (bicyclic) bond motifs is 1. The Morgan fingerprint density at radius 2 is 2.00 bits per heavy atom. The van der Waals surface area contributed by atoms with E-state index < -0.39 is 0 Å². The van der Waals surface area contributed by atoms with Crippen molar-refractivity contribution in [3.05, 3.63) is 70.4 Å². The number of hydrogen-bond acceptors (Lipinski definition) is 2. The van der Waals surface area contributed by atoms with Crippen LogP contribution in [0, 0.1) is 12.7 Å². The SMILES string of the molecule is CCNC(c1ccc(F)cc1C)c1cccc2ccsc12. The summed E-state index contributed by atoms with van der Waals surface area (Å²) in [6.45, 7) is 4.93. The Labute approximate surface area is 128 Å². The van der Waals surface area contributed by atoms with Gasteiger partial charge in [0.2, 0.25) is 0 Å². The lowest BCUT2D eigenvalue weighted by Gasteiger charge is -2.21. The molecule has 0 amide bonds. The summed E-state index contributed by atoms with van der Waals surface area (Å²) in [5, 5.41) is 6.93. The molecule has 108 valence electrons. The van der Waals surface area contributed by atoms with E-state index in [0.717, 1.165) is 17.7 Å². The van der Waals surface area contributed by atoms with Gasteiger partial charge in [-0.15, -0.1) is 11.3 Å². The third-order valence-electron chi connectivity index (χ3n) is 3.77. The highest BCUT2D eigenvalue weighted by molar-refractivity contribution is 7.17. The van der Waals surface area contributed by atoms with Crippen molar-refractivity contribution in [3.8, 4) is 0 Å². The molecule has 1 atom stereocenters. The molecule has 3 aromatic rings. The molecule has 0 bridgehead atoms. The standard InChI is InChI=1S/C18H18FNS/c1-3-20-17(15-8-7-14(19)11-12(15)2)16-6-4-5-13-9-10-21-18(13)16/h4-11,17,20H,3H2,1-2H3. The first kappa shape index (κ1) is 14.2. The highest BCUT2D eigenvalue weighted by Crippen LogP contribution is 2.33. The van der Waals surface area contributed by atoms with Gasteiger partial charge in [-0.3, -0.25) is 0 Å². The molecule has 1 nitrogen and oxygen atoms in total. The Morgan fingerprint density at radius 3 is 2.76 bits per heavy atom. The zero-order valence-corrected chi connectivity index (χ0v) is 13.0. The molecule has 0 saturated heterocycles. The van der Waals surface area contributed by atoms with Crippen LogP contribution in [0.4, 0.5) is 4.39 Å². The lowest BCUT2D eigenvalue weighted by atomic mass is 9.94. The molecule has 3 rings (SSSR count). The summed E-state index contributed by atoms with van der Waals surface area (Å²) in [6.07, 6.45) is 0. The molecule has 1 aromatic heterocycles. The van der Waals surface area contributed by atoms with Gasteiger partial charge in [-0.2, -0.15) is 0 Å². The summed E-state index contributed by atoms with van der Waals surface area (Å²) < 4.78 is 14.7. The minimum Gasteiger partial charge on any atom is -0.306 e. The smallest absolute Gasteiger partial charge is 0.123 e. The first-order chi connectivity index (χ1) is 10.2. The molecule has 0 radical (unpaired) electrons. The van der Waals surface area contributed by atoms with Gasteiger partial charge in [0, 0.05) is 4.70 Å². The Kier molecular flexibility index (Phi) is 4.04. The predicted octanol–water partition coefficient (Wildman–Crippen LogP) is 5.05. The summed E-state index contributed by atoms with van der Waals surface area (Å²) in [4.78, 5) is 0. The van der Waals surface area contributed by atoms with Crippen LogP contribution in [0.3, 0.4) is 0 Å². The van der Waals surface area contributed by atoms with Crippen molar-refractivity contribution in [2.45, 2.75) is 19.9 Å². The molecule has 1 unspecified atom stereocenters. The predicted molar refractivity (Wildman–Crippen MR) is 88.5 cm³/mol. The van der Waals surface area contributed by atoms with E-state index in [4.69, 9.17) is 0 Å². The zero-order chi connectivity index (χ0) is 14.8. The number of nitrogens with one attached hydrogen (secondary N) is 1. The van der Waals surface area contributed by atoms with Crippen molar-refractivity contribution in [1.29, 1.82) is 0 Å². The van der Waals surface area contributed by atoms with Crippen molar-refractivity contribution < 1.29 is 4.39 Å². The third kappa shape index (κ3) is 2.71. The lowest BCUT2D eigenvalue weighted by molar-refractivity contribution is 0.612. The number of thiophene rings is 1. The van der Waals surface area contributed by atoms with E-state index in [1.54, 1.807) is 23.5 Å². The van der Waals surface area contributed by atoms with Gasteiger partial charge in [-0.1, -0.05) is 31.2 Å². The van der Waals surface area contributed by atoms with Crippen molar-refractivity contribution in [1.82, 2.24) is 5.32 Å². The first-order valence-corrected chi connectivity index (χ1v) is 8.04. The summed E-state index contributed by atoms with van der Waals surface area (Å²) in [6, 6.07) is 13.7. The van der Waals surface area contributed by atoms with Gasteiger partial charge in [-0.05, 0) is 59.1 Å². The first-order valence-electron chi connectivity index (χ1n) is 7.16. The quantitative estimate of drug-likeness (QED) is 0.711. The van der Waals surface area contributed by atoms with E-state index in [1.165, 1.54) is 15.6 Å². The Hall–Kier alpha value is -1.71. The van der Waals surface area contributed by atoms with E-state index in [-0.39, 0.29) is 11.9 Å². The number of benzene rings is 2. The van der Waals surface area contributed by atoms with Crippen molar-refractivity contribution in [2.75, 3.05) is 6.54 Å². The average Bonchev–Trinajstić information content (AvgIpc) is 2.94. The van der Waals surface area contributed by atoms with E-state index in [1.807, 2.05) is 13.0 Å². The highest BCUT2D eigenvalue weighted by Gasteiger charge is 2.18. The monoisotopic (exact) mass is 299 g/mol. The number of aryl methyl sites for hydroxylation is 1. The molecule has 0 aliphatic carbocycles. The number of hydrogen-bond donors (Lipinski definition) is 1. The van der Waals surface area contributed by atoms with Crippen molar-refractivity contribution in [3.63, 3.8) is 0 Å². The Morgan fingerprint density at radius 1 is 1.14 bits per heavy atom. The number of rotatable bonds is 4. The Bertz CT molecular complexity index is 763. The van der Waals surface area contributed by atoms with Gasteiger partial charge in [0.05, 0.1) is 6.04 Å². The molecule has 0 aliphatic rings. The largest absolute Gasteiger partial charge is 0.306 e. The van der Waals surface area contributed by atoms with Crippen LogP contribution in [0.1, 0.15) is 29.7 Å². The van der Waals surface area contributed by atoms with Gasteiger partial charge < -0.3 is 5.32 Å². The van der Waals surface area contributed by atoms with Crippen LogP contribution in [0.15, 0.2) is 47.8 Å². The van der Waals surface area contributed by atoms with Gasteiger partial charge >= 0.3 is 0 Å². The second-order valence-corrected chi connectivity index (χ2v) is 6.09. The molecule has 1 heterocycles. The van der Waals surface area contributed by atoms with E-state index >= 15 is 0 Å². The summed E-state index contributed by atoms with van der Waals surface area (Å²) >= 11 is 1.76. The Balaban J connectivity index is 2.15. The molecule has 0 aliphatic heterocycles. The van der Waals surface area contributed by atoms with Crippen LogP contribution in [0.25, 0.3) is 10.1 Å². The van der Waals surface area contributed by atoms with Crippen LogP contribution in [0.5, 0.6) is 0 Å². The summed E-state index contributed by atoms with van der Waals surface area (Å²) in [5.74, 6) is -0.180. The maximum Gasteiger partial charge on any atom is 0.123 e. The van der Waals surface area contributed by atoms with E-state index in [2.05, 4.69) is 41.9 Å². The fourth-order valence-corrected chi connectivity index (χ4v) is 3.74. The summed E-state index contributed by atoms with van der Waals surface area (Å²) in [7, 11) is 0. The average molecular weight is 299 g/mol. The second kappa shape index (κ2) is 5.96. The molecule has 3 heteroatoms. The highest BCUT2D eigenvalue weighted by atomic mass is 32.1. The summed E-state index contributed by atoms with van der Waals surface area (Å²) in [5.41, 5.74) is 3.38. The maximum atomic E-state index is 13.4. The van der Waals surface area contributed by atoms with Crippen molar-refractivity contribution in [2.24, 2.45) is 0 Å². The van der Waals surface area contributed by atoms with E-state index in [9.17, 15) is 4.39 Å². The molecule has 2 aromatic carbocycles. The minimum absolute atomic E-state index is 0.0953. The van der Waals surface area contributed by atoms with Gasteiger partial charge in [0.1, 0.15) is 5.82 Å². The molecule has 0 fully saturated rings. The van der Waals surface area contributed by atoms with Crippen LogP contribution in [-0.2, 0) is 0 Å². The van der Waals surface area contributed by atoms with Crippen LogP contribution >= 0.6 is 11.3 Å². The maximum absolute atomic E-state index is 13.4. The topological polar surface area (TPSA) is 12.0 Å². The second-order valence-electron chi connectivity index (χ2n) is 5.18. The third-order valence-corrected chi connectivity index (χ3v) is 4.75. The van der Waals surface area contributed by atoms with Gasteiger partial charge in [-0.25, -0.2) is 4.39 Å². The van der Waals surface area contributed by atoms with Crippen LogP contribution in [-0.4, -0.2) is 6.54 Å². The van der Waals surface area contributed by atoms with Gasteiger partial charge in [0.15, 0.2) is 0 Å². The van der Waals surface area contributed by atoms with Gasteiger partial charge in [0.25, 0.3) is 0 Å². The minimum atomic E-state index is -0.180.